The lowest BCUT2D eigenvalue weighted by atomic mass is 9.91. The fraction of sp³-hybridized carbons (Fsp3) is 0.632. The number of piperidine rings is 2. The molecule has 2 aliphatic heterocycles. The predicted molar refractivity (Wildman–Crippen MR) is 100 cm³/mol. The molecule has 1 aromatic rings. The monoisotopic (exact) mass is 387 g/mol. The Labute approximate surface area is 160 Å². The van der Waals surface area contributed by atoms with Gasteiger partial charge in [0, 0.05) is 37.6 Å². The first-order valence-electron chi connectivity index (χ1n) is 9.21. The molecule has 1 aromatic carbocycles. The number of rotatable bonds is 4. The Morgan fingerprint density at radius 3 is 2.62 bits per heavy atom. The average molecular weight is 388 g/mol. The molecule has 7 heteroatoms. The zero-order valence-electron chi connectivity index (χ0n) is 15.1. The molecular formula is C19H28ClF2N3O. The number of carbonyl (C=O) groups is 1. The number of halogens is 3. The van der Waals surface area contributed by atoms with Crippen molar-refractivity contribution in [3.8, 4) is 0 Å². The zero-order chi connectivity index (χ0) is 17.8. The number of carbonyl (C=O) groups excluding carboxylic acids is 1. The van der Waals surface area contributed by atoms with E-state index in [1.165, 1.54) is 12.1 Å². The summed E-state index contributed by atoms with van der Waals surface area (Å²) in [4.78, 5) is 14.6. The summed E-state index contributed by atoms with van der Waals surface area (Å²) in [5.41, 5.74) is 0.782. The van der Waals surface area contributed by atoms with Gasteiger partial charge in [0.1, 0.15) is 0 Å². The molecule has 0 unspecified atom stereocenters. The van der Waals surface area contributed by atoms with Crippen LogP contribution in [0.2, 0.25) is 0 Å². The molecule has 0 spiro atoms. The number of hydrogen-bond donors (Lipinski definition) is 2. The number of hydrogen-bond acceptors (Lipinski definition) is 3. The molecule has 26 heavy (non-hydrogen) atoms. The summed E-state index contributed by atoms with van der Waals surface area (Å²) in [7, 11) is 0. The van der Waals surface area contributed by atoms with Crippen LogP contribution in [0, 0.1) is 17.6 Å². The van der Waals surface area contributed by atoms with E-state index >= 15 is 0 Å². The molecule has 2 fully saturated rings. The molecular weight excluding hydrogens is 360 g/mol. The lowest BCUT2D eigenvalue weighted by molar-refractivity contribution is -0.127. The van der Waals surface area contributed by atoms with Gasteiger partial charge in [-0.05, 0) is 56.8 Å². The minimum Gasteiger partial charge on any atom is -0.353 e. The summed E-state index contributed by atoms with van der Waals surface area (Å²) in [6.07, 6.45) is 3.61. The Hall–Kier alpha value is -1.24. The van der Waals surface area contributed by atoms with Crippen LogP contribution in [0.5, 0.6) is 0 Å². The van der Waals surface area contributed by atoms with Crippen molar-refractivity contribution in [3.63, 3.8) is 0 Å². The molecule has 0 radical (unpaired) electrons. The van der Waals surface area contributed by atoms with Crippen LogP contribution < -0.4 is 10.6 Å². The molecule has 2 atom stereocenters. The first kappa shape index (κ1) is 21.1. The van der Waals surface area contributed by atoms with Crippen molar-refractivity contribution in [1.82, 2.24) is 15.5 Å². The molecule has 1 amide bonds. The number of nitrogens with zero attached hydrogens (tertiary/aromatic N) is 1. The summed E-state index contributed by atoms with van der Waals surface area (Å²) in [5, 5.41) is 6.58. The van der Waals surface area contributed by atoms with Crippen molar-refractivity contribution in [2.45, 2.75) is 51.2 Å². The standard InChI is InChI=1S/C19H27F2N3O.ClH/c1-13-10-15(4-7-22-13)19(25)23-16-5-8-24(9-6-16)12-14-2-3-17(20)18(21)11-14;/h2-3,11,13,15-16,22H,4-10,12H2,1H3,(H,23,25);1H/t13-,15-;/m0./s1. The molecule has 0 saturated carbocycles. The van der Waals surface area contributed by atoms with Gasteiger partial charge in [-0.2, -0.15) is 0 Å². The van der Waals surface area contributed by atoms with E-state index in [1.54, 1.807) is 6.07 Å². The fourth-order valence-electron chi connectivity index (χ4n) is 3.82. The van der Waals surface area contributed by atoms with Gasteiger partial charge in [-0.15, -0.1) is 12.4 Å². The molecule has 2 N–H and O–H groups in total. The van der Waals surface area contributed by atoms with Crippen LogP contribution in [0.1, 0.15) is 38.2 Å². The van der Waals surface area contributed by atoms with Gasteiger partial charge in [-0.25, -0.2) is 8.78 Å². The van der Waals surface area contributed by atoms with E-state index < -0.39 is 11.6 Å². The van der Waals surface area contributed by atoms with Crippen molar-refractivity contribution >= 4 is 18.3 Å². The predicted octanol–water partition coefficient (Wildman–Crippen LogP) is 2.86. The second-order valence-corrected chi connectivity index (χ2v) is 7.38. The first-order valence-corrected chi connectivity index (χ1v) is 9.21. The van der Waals surface area contributed by atoms with Gasteiger partial charge in [0.15, 0.2) is 11.6 Å². The largest absolute Gasteiger partial charge is 0.353 e. The summed E-state index contributed by atoms with van der Waals surface area (Å²) < 4.78 is 26.3. The van der Waals surface area contributed by atoms with E-state index in [0.29, 0.717) is 12.6 Å². The summed E-state index contributed by atoms with van der Waals surface area (Å²) in [6, 6.07) is 4.70. The Morgan fingerprint density at radius 2 is 1.96 bits per heavy atom. The molecule has 0 aromatic heterocycles. The topological polar surface area (TPSA) is 44.4 Å². The van der Waals surface area contributed by atoms with Crippen LogP contribution in [-0.4, -0.2) is 42.5 Å². The summed E-state index contributed by atoms with van der Waals surface area (Å²) in [5.74, 6) is -1.29. The van der Waals surface area contributed by atoms with Crippen LogP contribution in [0.15, 0.2) is 18.2 Å². The highest BCUT2D eigenvalue weighted by Crippen LogP contribution is 2.19. The van der Waals surface area contributed by atoms with Gasteiger partial charge in [0.05, 0.1) is 0 Å². The Balaban J connectivity index is 0.00000243. The normalized spacial score (nSPS) is 24.7. The zero-order valence-corrected chi connectivity index (χ0v) is 16.0. The minimum atomic E-state index is -0.808. The van der Waals surface area contributed by atoms with Crippen LogP contribution in [0.25, 0.3) is 0 Å². The molecule has 2 aliphatic rings. The van der Waals surface area contributed by atoms with E-state index in [0.717, 1.165) is 50.9 Å². The minimum absolute atomic E-state index is 0. The average Bonchev–Trinajstić information content (AvgIpc) is 2.60. The highest BCUT2D eigenvalue weighted by molar-refractivity contribution is 5.85. The lowest BCUT2D eigenvalue weighted by Gasteiger charge is -2.34. The van der Waals surface area contributed by atoms with Gasteiger partial charge in [0.25, 0.3) is 0 Å². The summed E-state index contributed by atoms with van der Waals surface area (Å²) in [6.45, 7) is 5.35. The SMILES string of the molecule is C[C@H]1C[C@@H](C(=O)NC2CCN(Cc3ccc(F)c(F)c3)CC2)CCN1.Cl. The van der Waals surface area contributed by atoms with Crippen LogP contribution >= 0.6 is 12.4 Å². The molecule has 2 heterocycles. The van der Waals surface area contributed by atoms with Gasteiger partial charge < -0.3 is 10.6 Å². The van der Waals surface area contributed by atoms with Gasteiger partial charge in [-0.3, -0.25) is 9.69 Å². The molecule has 2 saturated heterocycles. The smallest absolute Gasteiger partial charge is 0.223 e. The maximum atomic E-state index is 13.3. The third-order valence-electron chi connectivity index (χ3n) is 5.32. The van der Waals surface area contributed by atoms with E-state index in [2.05, 4.69) is 22.5 Å². The third kappa shape index (κ3) is 5.63. The molecule has 0 bridgehead atoms. The van der Waals surface area contributed by atoms with Crippen molar-refractivity contribution in [2.75, 3.05) is 19.6 Å². The van der Waals surface area contributed by atoms with Crippen molar-refractivity contribution in [3.05, 3.63) is 35.4 Å². The van der Waals surface area contributed by atoms with E-state index in [1.807, 2.05) is 0 Å². The Bertz CT molecular complexity index is 608. The van der Waals surface area contributed by atoms with Crippen molar-refractivity contribution in [2.24, 2.45) is 5.92 Å². The second-order valence-electron chi connectivity index (χ2n) is 7.38. The number of nitrogens with one attached hydrogen (secondary N) is 2. The number of amides is 1. The van der Waals surface area contributed by atoms with Crippen molar-refractivity contribution in [1.29, 1.82) is 0 Å². The van der Waals surface area contributed by atoms with Gasteiger partial charge >= 0.3 is 0 Å². The quantitative estimate of drug-likeness (QED) is 0.835. The highest BCUT2D eigenvalue weighted by atomic mass is 35.5. The Kier molecular flexibility index (Phi) is 7.80. The fourth-order valence-corrected chi connectivity index (χ4v) is 3.82. The molecule has 3 rings (SSSR count). The highest BCUT2D eigenvalue weighted by Gasteiger charge is 2.27. The maximum Gasteiger partial charge on any atom is 0.223 e. The molecule has 0 aliphatic carbocycles. The van der Waals surface area contributed by atoms with Gasteiger partial charge in [-0.1, -0.05) is 6.07 Å². The van der Waals surface area contributed by atoms with Crippen LogP contribution in [0.3, 0.4) is 0 Å². The van der Waals surface area contributed by atoms with E-state index in [-0.39, 0.29) is 30.3 Å². The van der Waals surface area contributed by atoms with Crippen molar-refractivity contribution < 1.29 is 13.6 Å². The van der Waals surface area contributed by atoms with E-state index in [4.69, 9.17) is 0 Å². The van der Waals surface area contributed by atoms with Crippen LogP contribution in [0.4, 0.5) is 8.78 Å². The second kappa shape index (κ2) is 9.62. The van der Waals surface area contributed by atoms with E-state index in [9.17, 15) is 13.6 Å². The lowest BCUT2D eigenvalue weighted by Crippen LogP contribution is -2.48. The Morgan fingerprint density at radius 1 is 1.23 bits per heavy atom. The maximum absolute atomic E-state index is 13.3. The number of likely N-dealkylation sites (tertiary alicyclic amines) is 1. The van der Waals surface area contributed by atoms with Gasteiger partial charge in [0.2, 0.25) is 5.91 Å². The molecule has 4 nitrogen and oxygen atoms in total. The first-order chi connectivity index (χ1) is 12.0. The number of benzene rings is 1. The molecule has 146 valence electrons. The van der Waals surface area contributed by atoms with Crippen LogP contribution in [-0.2, 0) is 11.3 Å². The third-order valence-corrected chi connectivity index (χ3v) is 5.32. The summed E-state index contributed by atoms with van der Waals surface area (Å²) >= 11 is 0.